The van der Waals surface area contributed by atoms with Gasteiger partial charge in [0.2, 0.25) is 5.95 Å². The van der Waals surface area contributed by atoms with Gasteiger partial charge in [0.25, 0.3) is 0 Å². The van der Waals surface area contributed by atoms with Gasteiger partial charge in [-0.05, 0) is 69.9 Å². The van der Waals surface area contributed by atoms with Crippen LogP contribution in [0.4, 0.5) is 35.3 Å². The quantitative estimate of drug-likeness (QED) is 0.641. The zero-order valence-electron chi connectivity index (χ0n) is 20.1. The molecule has 1 N–H and O–H groups in total. The third kappa shape index (κ3) is 6.97. The first kappa shape index (κ1) is 25.0. The number of piperidine rings is 1. The van der Waals surface area contributed by atoms with E-state index in [1.807, 2.05) is 49.9 Å². The van der Waals surface area contributed by atoms with E-state index >= 15 is 0 Å². The number of carbonyl (C=O) groups excluding carboxylic acids is 1. The number of alkyl halides is 3. The van der Waals surface area contributed by atoms with Crippen molar-refractivity contribution in [3.05, 3.63) is 41.7 Å². The van der Waals surface area contributed by atoms with Crippen LogP contribution in [0.25, 0.3) is 0 Å². The van der Waals surface area contributed by atoms with Crippen molar-refractivity contribution in [1.82, 2.24) is 14.9 Å². The lowest BCUT2D eigenvalue weighted by molar-refractivity contribution is -0.344. The van der Waals surface area contributed by atoms with E-state index in [1.165, 1.54) is 0 Å². The Kier molecular flexibility index (Phi) is 7.07. The summed E-state index contributed by atoms with van der Waals surface area (Å²) in [5.41, 5.74) is 2.93. The summed E-state index contributed by atoms with van der Waals surface area (Å²) in [5.74, 6) is 0.424. The van der Waals surface area contributed by atoms with Crippen LogP contribution in [0.2, 0.25) is 0 Å². The fourth-order valence-electron chi connectivity index (χ4n) is 4.15. The van der Waals surface area contributed by atoms with Gasteiger partial charge in [-0.3, -0.25) is 4.74 Å². The first-order valence-corrected chi connectivity index (χ1v) is 11.6. The van der Waals surface area contributed by atoms with Crippen molar-refractivity contribution in [2.45, 2.75) is 64.6 Å². The van der Waals surface area contributed by atoms with Gasteiger partial charge < -0.3 is 19.9 Å². The Morgan fingerprint density at radius 2 is 1.77 bits per heavy atom. The van der Waals surface area contributed by atoms with Gasteiger partial charge in [-0.1, -0.05) is 0 Å². The first-order valence-electron chi connectivity index (χ1n) is 11.6. The van der Waals surface area contributed by atoms with Crippen LogP contribution in [0.3, 0.4) is 0 Å². The van der Waals surface area contributed by atoms with E-state index in [1.54, 1.807) is 11.1 Å². The van der Waals surface area contributed by atoms with Gasteiger partial charge >= 0.3 is 12.5 Å². The summed E-state index contributed by atoms with van der Waals surface area (Å²) in [6.07, 6.45) is -2.66. The van der Waals surface area contributed by atoms with Crippen molar-refractivity contribution in [3.8, 4) is 0 Å². The highest BCUT2D eigenvalue weighted by Crippen LogP contribution is 2.28. The minimum atomic E-state index is -4.59. The second-order valence-corrected chi connectivity index (χ2v) is 9.74. The largest absolute Gasteiger partial charge is 0.522 e. The van der Waals surface area contributed by atoms with Crippen LogP contribution in [-0.2, 0) is 22.4 Å². The second kappa shape index (κ2) is 9.88. The molecule has 35 heavy (non-hydrogen) atoms. The predicted molar refractivity (Wildman–Crippen MR) is 124 cm³/mol. The highest BCUT2D eigenvalue weighted by atomic mass is 19.4. The normalized spacial score (nSPS) is 17.2. The van der Waals surface area contributed by atoms with Crippen LogP contribution in [0.15, 0.2) is 30.5 Å². The van der Waals surface area contributed by atoms with Crippen LogP contribution in [0.1, 0.15) is 44.9 Å². The standard InChI is InChI=1S/C24H30F3N5O3/c1-23(2,3)35-22(33)32-11-8-16-14-28-21(30-20(16)15-32)29-17-4-6-18(7-5-17)31-12-9-19(10-13-31)34-24(25,26)27/h4-7,14,19H,8-13,15H2,1-3H3,(H,28,29,30). The third-order valence-electron chi connectivity index (χ3n) is 5.83. The van der Waals surface area contributed by atoms with Crippen LogP contribution >= 0.6 is 0 Å². The number of hydrogen-bond donors (Lipinski definition) is 1. The molecule has 1 amide bonds. The fraction of sp³-hybridized carbons (Fsp3) is 0.542. The van der Waals surface area contributed by atoms with E-state index < -0.39 is 18.1 Å². The van der Waals surface area contributed by atoms with Crippen molar-refractivity contribution < 1.29 is 27.4 Å². The average molecular weight is 494 g/mol. The third-order valence-corrected chi connectivity index (χ3v) is 5.83. The summed E-state index contributed by atoms with van der Waals surface area (Å²) in [6, 6.07) is 7.58. The molecule has 11 heteroatoms. The minimum absolute atomic E-state index is 0.322. The van der Waals surface area contributed by atoms with E-state index in [-0.39, 0.29) is 6.09 Å². The summed E-state index contributed by atoms with van der Waals surface area (Å²) in [5, 5.41) is 3.18. The van der Waals surface area contributed by atoms with Crippen LogP contribution in [0.5, 0.6) is 0 Å². The van der Waals surface area contributed by atoms with Gasteiger partial charge in [0, 0.05) is 37.2 Å². The minimum Gasteiger partial charge on any atom is -0.444 e. The maximum Gasteiger partial charge on any atom is 0.522 e. The zero-order chi connectivity index (χ0) is 25.2. The molecule has 0 spiro atoms. The van der Waals surface area contributed by atoms with Crippen molar-refractivity contribution >= 4 is 23.4 Å². The Bertz CT molecular complexity index is 1030. The van der Waals surface area contributed by atoms with Crippen LogP contribution in [0, 0.1) is 0 Å². The number of hydrogen-bond acceptors (Lipinski definition) is 7. The smallest absolute Gasteiger partial charge is 0.444 e. The maximum absolute atomic E-state index is 12.4. The molecule has 190 valence electrons. The van der Waals surface area contributed by atoms with Gasteiger partial charge in [-0.2, -0.15) is 0 Å². The molecule has 8 nitrogen and oxygen atoms in total. The first-order chi connectivity index (χ1) is 16.4. The Labute approximate surface area is 202 Å². The number of anilines is 3. The molecule has 2 aliphatic rings. The Hall–Kier alpha value is -3.08. The monoisotopic (exact) mass is 493 g/mol. The number of nitrogens with one attached hydrogen (secondary N) is 1. The molecule has 0 radical (unpaired) electrons. The molecule has 1 fully saturated rings. The van der Waals surface area contributed by atoms with E-state index in [9.17, 15) is 18.0 Å². The molecule has 0 aliphatic carbocycles. The Balaban J connectivity index is 1.34. The Morgan fingerprint density at radius 3 is 2.40 bits per heavy atom. The topological polar surface area (TPSA) is 79.8 Å². The summed E-state index contributed by atoms with van der Waals surface area (Å²) < 4.78 is 46.9. The van der Waals surface area contributed by atoms with Gasteiger partial charge in [-0.25, -0.2) is 14.8 Å². The molecular formula is C24H30F3N5O3. The molecule has 1 aromatic heterocycles. The number of amides is 1. The molecule has 2 aromatic rings. The summed E-state index contributed by atoms with van der Waals surface area (Å²) in [4.78, 5) is 25.1. The average Bonchev–Trinajstić information content (AvgIpc) is 2.77. The van der Waals surface area contributed by atoms with E-state index in [0.29, 0.717) is 51.4 Å². The van der Waals surface area contributed by atoms with E-state index in [0.717, 1.165) is 22.6 Å². The Morgan fingerprint density at radius 1 is 1.09 bits per heavy atom. The number of halogens is 3. The highest BCUT2D eigenvalue weighted by molar-refractivity contribution is 5.68. The van der Waals surface area contributed by atoms with Crippen molar-refractivity contribution in [2.24, 2.45) is 0 Å². The van der Waals surface area contributed by atoms with Crippen LogP contribution < -0.4 is 10.2 Å². The maximum atomic E-state index is 12.4. The van der Waals surface area contributed by atoms with Gasteiger partial charge in [0.1, 0.15) is 5.60 Å². The fourth-order valence-corrected chi connectivity index (χ4v) is 4.15. The lowest BCUT2D eigenvalue weighted by Gasteiger charge is -2.33. The molecule has 0 atom stereocenters. The second-order valence-electron chi connectivity index (χ2n) is 9.74. The number of ether oxygens (including phenoxy) is 2. The van der Waals surface area contributed by atoms with Crippen LogP contribution in [-0.4, -0.2) is 58.7 Å². The number of rotatable bonds is 4. The molecule has 2 aliphatic heterocycles. The van der Waals surface area contributed by atoms with Crippen molar-refractivity contribution in [2.75, 3.05) is 29.9 Å². The number of carbonyl (C=O) groups is 1. The molecule has 0 unspecified atom stereocenters. The summed E-state index contributed by atoms with van der Waals surface area (Å²) >= 11 is 0. The number of benzene rings is 1. The molecule has 1 saturated heterocycles. The lowest BCUT2D eigenvalue weighted by atomic mass is 10.1. The molecule has 0 bridgehead atoms. The highest BCUT2D eigenvalue weighted by Gasteiger charge is 2.35. The number of aromatic nitrogens is 2. The van der Waals surface area contributed by atoms with Gasteiger partial charge in [0.15, 0.2) is 0 Å². The zero-order valence-corrected chi connectivity index (χ0v) is 20.1. The molecule has 0 saturated carbocycles. The van der Waals surface area contributed by atoms with E-state index in [4.69, 9.17) is 4.74 Å². The SMILES string of the molecule is CC(C)(C)OC(=O)N1CCc2cnc(Nc3ccc(N4CCC(OC(F)(F)F)CC4)cc3)nc2C1. The molecule has 3 heterocycles. The van der Waals surface area contributed by atoms with Gasteiger partial charge in [0.05, 0.1) is 18.3 Å². The summed E-state index contributed by atoms with van der Waals surface area (Å²) in [6.45, 7) is 7.41. The number of nitrogens with zero attached hydrogens (tertiary/aromatic N) is 4. The molecular weight excluding hydrogens is 463 g/mol. The summed E-state index contributed by atoms with van der Waals surface area (Å²) in [7, 11) is 0. The van der Waals surface area contributed by atoms with Crippen molar-refractivity contribution in [1.29, 1.82) is 0 Å². The lowest BCUT2D eigenvalue weighted by Crippen LogP contribution is -2.40. The van der Waals surface area contributed by atoms with Crippen molar-refractivity contribution in [3.63, 3.8) is 0 Å². The molecule has 4 rings (SSSR count). The van der Waals surface area contributed by atoms with Gasteiger partial charge in [-0.15, -0.1) is 13.2 Å². The van der Waals surface area contributed by atoms with E-state index in [2.05, 4.69) is 20.0 Å². The molecule has 1 aromatic carbocycles. The predicted octanol–water partition coefficient (Wildman–Crippen LogP) is 5.02. The number of fused-ring (bicyclic) bond motifs is 1.